The fourth-order valence-electron chi connectivity index (χ4n) is 1.44. The average molecular weight is 261 g/mol. The van der Waals surface area contributed by atoms with Crippen LogP contribution in [0.5, 0.6) is 0 Å². The highest BCUT2D eigenvalue weighted by Crippen LogP contribution is 2.10. The highest BCUT2D eigenvalue weighted by atomic mass is 16.4. The van der Waals surface area contributed by atoms with E-state index in [4.69, 9.17) is 4.42 Å². The van der Waals surface area contributed by atoms with E-state index in [-0.39, 0.29) is 17.6 Å². The van der Waals surface area contributed by atoms with Crippen molar-refractivity contribution < 1.29 is 9.21 Å². The largest absolute Gasteiger partial charge is 0.408 e. The highest BCUT2D eigenvalue weighted by molar-refractivity contribution is 6.02. The van der Waals surface area contributed by atoms with Crippen LogP contribution in [0.2, 0.25) is 0 Å². The zero-order valence-corrected chi connectivity index (χ0v) is 10.8. The van der Waals surface area contributed by atoms with Crippen LogP contribution in [0.25, 0.3) is 0 Å². The maximum absolute atomic E-state index is 11.9. The summed E-state index contributed by atoms with van der Waals surface area (Å²) < 4.78 is 5.07. The summed E-state index contributed by atoms with van der Waals surface area (Å²) in [4.78, 5) is 15.9. The number of aryl methyl sites for hydroxylation is 1. The SMILES string of the molecule is CCCNc1ccnc(C(=O)Nc2nnc(C)o2)c1. The van der Waals surface area contributed by atoms with E-state index in [0.717, 1.165) is 18.7 Å². The summed E-state index contributed by atoms with van der Waals surface area (Å²) >= 11 is 0. The second-order valence-corrected chi connectivity index (χ2v) is 3.94. The van der Waals surface area contributed by atoms with E-state index in [1.165, 1.54) is 0 Å². The lowest BCUT2D eigenvalue weighted by Crippen LogP contribution is -2.14. The summed E-state index contributed by atoms with van der Waals surface area (Å²) in [5.41, 5.74) is 1.14. The van der Waals surface area contributed by atoms with Crippen molar-refractivity contribution in [1.29, 1.82) is 0 Å². The Labute approximate surface area is 110 Å². The number of nitrogens with zero attached hydrogens (tertiary/aromatic N) is 3. The third-order valence-electron chi connectivity index (χ3n) is 2.32. The minimum absolute atomic E-state index is 0.0659. The molecule has 0 aliphatic rings. The van der Waals surface area contributed by atoms with Gasteiger partial charge < -0.3 is 9.73 Å². The number of pyridine rings is 1. The van der Waals surface area contributed by atoms with E-state index < -0.39 is 0 Å². The second-order valence-electron chi connectivity index (χ2n) is 3.94. The number of amides is 1. The molecule has 0 saturated carbocycles. The number of aromatic nitrogens is 3. The molecule has 100 valence electrons. The van der Waals surface area contributed by atoms with E-state index >= 15 is 0 Å². The Hall–Kier alpha value is -2.44. The lowest BCUT2D eigenvalue weighted by Gasteiger charge is -2.05. The van der Waals surface area contributed by atoms with Gasteiger partial charge in [0.15, 0.2) is 0 Å². The lowest BCUT2D eigenvalue weighted by molar-refractivity contribution is 0.101. The summed E-state index contributed by atoms with van der Waals surface area (Å²) in [7, 11) is 0. The van der Waals surface area contributed by atoms with Crippen molar-refractivity contribution in [2.45, 2.75) is 20.3 Å². The van der Waals surface area contributed by atoms with E-state index in [1.807, 2.05) is 6.07 Å². The molecule has 19 heavy (non-hydrogen) atoms. The Balaban J connectivity index is 2.06. The maximum atomic E-state index is 11.9. The molecule has 0 radical (unpaired) electrons. The van der Waals surface area contributed by atoms with Gasteiger partial charge in [0.05, 0.1) is 0 Å². The molecule has 7 nitrogen and oxygen atoms in total. The summed E-state index contributed by atoms with van der Waals surface area (Å²) in [5.74, 6) is 0.00502. The van der Waals surface area contributed by atoms with Crippen LogP contribution in [0.3, 0.4) is 0 Å². The van der Waals surface area contributed by atoms with Crippen molar-refractivity contribution in [1.82, 2.24) is 15.2 Å². The zero-order chi connectivity index (χ0) is 13.7. The molecule has 2 heterocycles. The van der Waals surface area contributed by atoms with Crippen LogP contribution in [0.4, 0.5) is 11.7 Å². The summed E-state index contributed by atoms with van der Waals surface area (Å²) in [6.45, 7) is 4.56. The molecule has 2 aromatic heterocycles. The van der Waals surface area contributed by atoms with Crippen LogP contribution in [0.15, 0.2) is 22.7 Å². The minimum atomic E-state index is -0.385. The third-order valence-corrected chi connectivity index (χ3v) is 2.32. The van der Waals surface area contributed by atoms with Gasteiger partial charge in [0.25, 0.3) is 5.91 Å². The Morgan fingerprint density at radius 2 is 2.26 bits per heavy atom. The predicted octanol–water partition coefficient (Wildman–Crippen LogP) is 1.85. The van der Waals surface area contributed by atoms with E-state index in [0.29, 0.717) is 5.89 Å². The van der Waals surface area contributed by atoms with Gasteiger partial charge >= 0.3 is 6.01 Å². The fraction of sp³-hybridized carbons (Fsp3) is 0.333. The molecule has 0 unspecified atom stereocenters. The molecule has 0 fully saturated rings. The molecule has 0 aliphatic carbocycles. The van der Waals surface area contributed by atoms with Crippen molar-refractivity contribution in [2.24, 2.45) is 0 Å². The van der Waals surface area contributed by atoms with Crippen molar-refractivity contribution in [3.8, 4) is 0 Å². The molecule has 0 aromatic carbocycles. The first-order chi connectivity index (χ1) is 9.19. The fourth-order valence-corrected chi connectivity index (χ4v) is 1.44. The number of nitrogens with one attached hydrogen (secondary N) is 2. The average Bonchev–Trinajstić information content (AvgIpc) is 2.82. The molecule has 0 spiro atoms. The second kappa shape index (κ2) is 5.94. The van der Waals surface area contributed by atoms with Gasteiger partial charge in [-0.15, -0.1) is 5.10 Å². The molecule has 1 amide bonds. The number of carbonyl (C=O) groups is 1. The van der Waals surface area contributed by atoms with Gasteiger partial charge in [0, 0.05) is 25.4 Å². The van der Waals surface area contributed by atoms with Gasteiger partial charge in [0.2, 0.25) is 5.89 Å². The van der Waals surface area contributed by atoms with Crippen LogP contribution in [-0.4, -0.2) is 27.6 Å². The first kappa shape index (κ1) is 13.0. The first-order valence-electron chi connectivity index (χ1n) is 6.00. The van der Waals surface area contributed by atoms with Crippen LogP contribution < -0.4 is 10.6 Å². The maximum Gasteiger partial charge on any atom is 0.322 e. The predicted molar refractivity (Wildman–Crippen MR) is 70.0 cm³/mol. The zero-order valence-electron chi connectivity index (χ0n) is 10.8. The molecule has 2 aromatic rings. The number of hydrogen-bond acceptors (Lipinski definition) is 6. The van der Waals surface area contributed by atoms with Crippen LogP contribution in [0.1, 0.15) is 29.7 Å². The standard InChI is InChI=1S/C12H15N5O2/c1-3-5-13-9-4-6-14-10(7-9)11(18)15-12-17-16-8(2)19-12/h4,6-7H,3,5H2,1-2H3,(H,13,14)(H,15,17,18). The third kappa shape index (κ3) is 3.51. The van der Waals surface area contributed by atoms with Gasteiger partial charge in [0.1, 0.15) is 5.69 Å². The number of anilines is 2. The van der Waals surface area contributed by atoms with Crippen molar-refractivity contribution in [3.05, 3.63) is 29.9 Å². The molecule has 0 aliphatic heterocycles. The topological polar surface area (TPSA) is 92.9 Å². The Kier molecular flexibility index (Phi) is 4.07. The number of rotatable bonds is 5. The Morgan fingerprint density at radius 1 is 1.42 bits per heavy atom. The van der Waals surface area contributed by atoms with E-state index in [9.17, 15) is 4.79 Å². The van der Waals surface area contributed by atoms with Gasteiger partial charge in [-0.25, -0.2) is 0 Å². The molecule has 0 atom stereocenters. The van der Waals surface area contributed by atoms with Gasteiger partial charge in [-0.1, -0.05) is 12.0 Å². The molecule has 0 saturated heterocycles. The van der Waals surface area contributed by atoms with Gasteiger partial charge in [-0.3, -0.25) is 15.1 Å². The van der Waals surface area contributed by atoms with Gasteiger partial charge in [-0.2, -0.15) is 0 Å². The molecular formula is C12H15N5O2. The molecular weight excluding hydrogens is 246 g/mol. The Morgan fingerprint density at radius 3 is 2.95 bits per heavy atom. The van der Waals surface area contributed by atoms with Crippen LogP contribution in [0, 0.1) is 6.92 Å². The summed E-state index contributed by atoms with van der Waals surface area (Å²) in [6.07, 6.45) is 2.58. The monoisotopic (exact) mass is 261 g/mol. The molecule has 0 bridgehead atoms. The number of carbonyl (C=O) groups excluding carboxylic acids is 1. The number of hydrogen-bond donors (Lipinski definition) is 2. The molecule has 2 N–H and O–H groups in total. The highest BCUT2D eigenvalue weighted by Gasteiger charge is 2.11. The van der Waals surface area contributed by atoms with Crippen molar-refractivity contribution in [2.75, 3.05) is 17.2 Å². The normalized spacial score (nSPS) is 10.2. The minimum Gasteiger partial charge on any atom is -0.408 e. The van der Waals surface area contributed by atoms with Crippen LogP contribution in [-0.2, 0) is 0 Å². The smallest absolute Gasteiger partial charge is 0.322 e. The quantitative estimate of drug-likeness (QED) is 0.853. The Bertz CT molecular complexity index is 567. The van der Waals surface area contributed by atoms with Crippen molar-refractivity contribution >= 4 is 17.6 Å². The molecule has 2 rings (SSSR count). The van der Waals surface area contributed by atoms with Crippen LogP contribution >= 0.6 is 0 Å². The van der Waals surface area contributed by atoms with Crippen molar-refractivity contribution in [3.63, 3.8) is 0 Å². The molecule has 7 heteroatoms. The van der Waals surface area contributed by atoms with E-state index in [2.05, 4.69) is 32.7 Å². The first-order valence-corrected chi connectivity index (χ1v) is 6.00. The lowest BCUT2D eigenvalue weighted by atomic mass is 10.3. The summed E-state index contributed by atoms with van der Waals surface area (Å²) in [6, 6.07) is 3.55. The van der Waals surface area contributed by atoms with Gasteiger partial charge in [-0.05, 0) is 18.6 Å². The summed E-state index contributed by atoms with van der Waals surface area (Å²) in [5, 5.41) is 13.0. The van der Waals surface area contributed by atoms with E-state index in [1.54, 1.807) is 19.2 Å².